The van der Waals surface area contributed by atoms with Crippen LogP contribution < -0.4 is 0 Å². The molecule has 1 aromatic heterocycles. The van der Waals surface area contributed by atoms with E-state index in [0.717, 1.165) is 0 Å². The van der Waals surface area contributed by atoms with Gasteiger partial charge in [-0.15, -0.1) is 11.3 Å². The molecule has 1 aromatic carbocycles. The van der Waals surface area contributed by atoms with E-state index in [0.29, 0.717) is 13.7 Å². The van der Waals surface area contributed by atoms with Gasteiger partial charge in [-0.2, -0.15) is 0 Å². The van der Waals surface area contributed by atoms with Crippen LogP contribution in [0, 0.1) is 9.39 Å². The van der Waals surface area contributed by atoms with Crippen molar-refractivity contribution in [2.75, 3.05) is 0 Å². The Labute approximate surface area is 95.9 Å². The third kappa shape index (κ3) is 1.63. The molecule has 0 bridgehead atoms. The van der Waals surface area contributed by atoms with E-state index in [4.69, 9.17) is 0 Å². The van der Waals surface area contributed by atoms with E-state index < -0.39 is 12.2 Å². The molecular weight excluding hydrogens is 324 g/mol. The van der Waals surface area contributed by atoms with Crippen LogP contribution in [0.2, 0.25) is 0 Å². The van der Waals surface area contributed by atoms with E-state index in [-0.39, 0.29) is 5.56 Å². The lowest BCUT2D eigenvalue weighted by Gasteiger charge is -1.98. The van der Waals surface area contributed by atoms with Gasteiger partial charge in [0.15, 0.2) is 0 Å². The number of halogens is 4. The minimum atomic E-state index is -2.54. The summed E-state index contributed by atoms with van der Waals surface area (Å²) in [7, 11) is 0. The number of fused-ring (bicyclic) bond motifs is 1. The molecule has 1 heterocycles. The van der Waals surface area contributed by atoms with Gasteiger partial charge >= 0.3 is 0 Å². The largest absolute Gasteiger partial charge is 0.265 e. The smallest absolute Gasteiger partial charge is 0.206 e. The zero-order valence-electron chi connectivity index (χ0n) is 6.73. The second-order valence-electron chi connectivity index (χ2n) is 2.75. The van der Waals surface area contributed by atoms with E-state index >= 15 is 0 Å². The van der Waals surface area contributed by atoms with Gasteiger partial charge in [0.1, 0.15) is 5.82 Å². The Morgan fingerprint density at radius 3 is 2.64 bits per heavy atom. The fraction of sp³-hybridized carbons (Fsp3) is 0.111. The standard InChI is InChI=1S/C9H4F3IS/c10-6-1-4-5(9(11)12)3-14-8(4)2-7(6)13/h1-3,9H. The Morgan fingerprint density at radius 2 is 2.00 bits per heavy atom. The number of hydrogen-bond acceptors (Lipinski definition) is 1. The molecule has 74 valence electrons. The first-order valence-corrected chi connectivity index (χ1v) is 5.69. The fourth-order valence-corrected chi connectivity index (χ4v) is 2.86. The molecule has 0 amide bonds. The van der Waals surface area contributed by atoms with Crippen LogP contribution >= 0.6 is 33.9 Å². The minimum absolute atomic E-state index is 0.0831. The topological polar surface area (TPSA) is 0 Å². The summed E-state index contributed by atoms with van der Waals surface area (Å²) in [6, 6.07) is 2.76. The van der Waals surface area contributed by atoms with Crippen molar-refractivity contribution in [3.8, 4) is 0 Å². The van der Waals surface area contributed by atoms with Crippen LogP contribution in [0.25, 0.3) is 10.1 Å². The minimum Gasteiger partial charge on any atom is -0.206 e. The predicted octanol–water partition coefficient (Wildman–Crippen LogP) is 4.58. The van der Waals surface area contributed by atoms with Gasteiger partial charge in [-0.1, -0.05) is 0 Å². The lowest BCUT2D eigenvalue weighted by Crippen LogP contribution is -1.84. The summed E-state index contributed by atoms with van der Waals surface area (Å²) in [6.07, 6.45) is -2.54. The Hall–Kier alpha value is -0.300. The van der Waals surface area contributed by atoms with Crippen molar-refractivity contribution < 1.29 is 13.2 Å². The van der Waals surface area contributed by atoms with Crippen molar-refractivity contribution in [3.05, 3.63) is 32.5 Å². The van der Waals surface area contributed by atoms with Gasteiger partial charge in [-0.25, -0.2) is 13.2 Å². The number of thiophene rings is 1. The molecule has 0 fully saturated rings. The predicted molar refractivity (Wildman–Crippen MR) is 59.5 cm³/mol. The number of alkyl halides is 2. The molecule has 0 aliphatic carbocycles. The monoisotopic (exact) mass is 328 g/mol. The van der Waals surface area contributed by atoms with Gasteiger partial charge in [0.05, 0.1) is 3.57 Å². The summed E-state index contributed by atoms with van der Waals surface area (Å²) in [5.41, 5.74) is -0.0831. The number of rotatable bonds is 1. The van der Waals surface area contributed by atoms with Crippen LogP contribution in [0.15, 0.2) is 17.5 Å². The Kier molecular flexibility index (Phi) is 2.70. The molecule has 2 aromatic rings. The zero-order valence-corrected chi connectivity index (χ0v) is 9.70. The van der Waals surface area contributed by atoms with Crippen molar-refractivity contribution in [1.82, 2.24) is 0 Å². The molecule has 0 unspecified atom stereocenters. The molecule has 5 heteroatoms. The van der Waals surface area contributed by atoms with E-state index in [9.17, 15) is 13.2 Å². The summed E-state index contributed by atoms with van der Waals surface area (Å²) < 4.78 is 39.2. The normalized spacial score (nSPS) is 11.5. The highest BCUT2D eigenvalue weighted by Crippen LogP contribution is 2.34. The van der Waals surface area contributed by atoms with Gasteiger partial charge in [0.2, 0.25) is 0 Å². The van der Waals surface area contributed by atoms with Crippen LogP contribution in [0.5, 0.6) is 0 Å². The fourth-order valence-electron chi connectivity index (χ4n) is 1.21. The Bertz CT molecular complexity index is 478. The molecule has 0 N–H and O–H groups in total. The highest BCUT2D eigenvalue weighted by molar-refractivity contribution is 14.1. The van der Waals surface area contributed by atoms with Crippen LogP contribution in [-0.4, -0.2) is 0 Å². The van der Waals surface area contributed by atoms with Crippen molar-refractivity contribution >= 4 is 44.0 Å². The summed E-state index contributed by atoms with van der Waals surface area (Å²) in [6.45, 7) is 0. The average molecular weight is 328 g/mol. The van der Waals surface area contributed by atoms with Gasteiger partial charge in [-0.3, -0.25) is 0 Å². The van der Waals surface area contributed by atoms with Crippen molar-refractivity contribution in [1.29, 1.82) is 0 Å². The molecule has 0 atom stereocenters. The molecular formula is C9H4F3IS. The van der Waals surface area contributed by atoms with Crippen molar-refractivity contribution in [2.24, 2.45) is 0 Å². The molecule has 0 nitrogen and oxygen atoms in total. The maximum absolute atomic E-state index is 13.1. The van der Waals surface area contributed by atoms with E-state index in [2.05, 4.69) is 0 Å². The third-order valence-electron chi connectivity index (χ3n) is 1.88. The molecule has 0 aliphatic heterocycles. The lowest BCUT2D eigenvalue weighted by molar-refractivity contribution is 0.153. The van der Waals surface area contributed by atoms with Crippen LogP contribution in [0.4, 0.5) is 13.2 Å². The summed E-state index contributed by atoms with van der Waals surface area (Å²) in [5, 5.41) is 1.70. The number of benzene rings is 1. The first-order valence-electron chi connectivity index (χ1n) is 3.74. The number of hydrogen-bond donors (Lipinski definition) is 0. The molecule has 0 aliphatic rings. The Balaban J connectivity index is 2.74. The second kappa shape index (κ2) is 3.69. The maximum atomic E-state index is 13.1. The van der Waals surface area contributed by atoms with Gasteiger partial charge in [0.25, 0.3) is 6.43 Å². The summed E-state index contributed by atoms with van der Waals surface area (Å²) >= 11 is 3.06. The molecule has 0 saturated carbocycles. The summed E-state index contributed by atoms with van der Waals surface area (Å²) in [5.74, 6) is -0.446. The second-order valence-corrected chi connectivity index (χ2v) is 4.83. The van der Waals surface area contributed by atoms with E-state index in [1.807, 2.05) is 22.6 Å². The maximum Gasteiger partial charge on any atom is 0.265 e. The summed E-state index contributed by atoms with van der Waals surface area (Å²) in [4.78, 5) is 0. The van der Waals surface area contributed by atoms with Gasteiger partial charge in [0, 0.05) is 21.0 Å². The highest BCUT2D eigenvalue weighted by atomic mass is 127. The molecule has 14 heavy (non-hydrogen) atoms. The lowest BCUT2D eigenvalue weighted by atomic mass is 10.2. The van der Waals surface area contributed by atoms with E-state index in [1.54, 1.807) is 6.07 Å². The van der Waals surface area contributed by atoms with Crippen molar-refractivity contribution in [2.45, 2.75) is 6.43 Å². The van der Waals surface area contributed by atoms with Crippen molar-refractivity contribution in [3.63, 3.8) is 0 Å². The van der Waals surface area contributed by atoms with Crippen LogP contribution in [0.1, 0.15) is 12.0 Å². The SMILES string of the molecule is Fc1cc2c(C(F)F)csc2cc1I. The third-order valence-corrected chi connectivity index (χ3v) is 3.67. The van der Waals surface area contributed by atoms with Crippen LogP contribution in [0.3, 0.4) is 0 Å². The molecule has 0 spiro atoms. The van der Waals surface area contributed by atoms with E-state index in [1.165, 1.54) is 22.8 Å². The first-order chi connectivity index (χ1) is 6.59. The highest BCUT2D eigenvalue weighted by Gasteiger charge is 2.15. The molecule has 0 saturated heterocycles. The first kappa shape index (κ1) is 10.2. The van der Waals surface area contributed by atoms with Crippen LogP contribution in [-0.2, 0) is 0 Å². The van der Waals surface area contributed by atoms with Gasteiger partial charge < -0.3 is 0 Å². The Morgan fingerprint density at radius 1 is 1.29 bits per heavy atom. The molecule has 0 radical (unpaired) electrons. The average Bonchev–Trinajstić information content (AvgIpc) is 2.48. The quantitative estimate of drug-likeness (QED) is 0.672. The zero-order chi connectivity index (χ0) is 10.3. The molecule has 2 rings (SSSR count). The van der Waals surface area contributed by atoms with Gasteiger partial charge in [-0.05, 0) is 34.7 Å².